The molecule has 3 N–H and O–H groups in total. The Labute approximate surface area is 201 Å². The van der Waals surface area contributed by atoms with Crippen molar-refractivity contribution in [3.8, 4) is 11.4 Å². The molecule has 34 heavy (non-hydrogen) atoms. The zero-order valence-electron chi connectivity index (χ0n) is 17.8. The van der Waals surface area contributed by atoms with Gasteiger partial charge in [0.1, 0.15) is 0 Å². The van der Waals surface area contributed by atoms with Crippen molar-refractivity contribution in [2.75, 3.05) is 31.2 Å². The number of aromatic nitrogens is 5. The van der Waals surface area contributed by atoms with E-state index in [1.165, 1.54) is 11.9 Å². The van der Waals surface area contributed by atoms with Crippen LogP contribution in [0.1, 0.15) is 10.4 Å². The first-order valence-electron chi connectivity index (χ1n) is 10.6. The minimum absolute atomic E-state index is 0.375. The first kappa shape index (κ1) is 21.1. The van der Waals surface area contributed by atoms with E-state index in [1.807, 2.05) is 28.2 Å². The monoisotopic (exact) mass is 493 g/mol. The first-order chi connectivity index (χ1) is 16.7. The Kier molecular flexibility index (Phi) is 5.41. The molecule has 0 radical (unpaired) electrons. The van der Waals surface area contributed by atoms with Gasteiger partial charge in [-0.1, -0.05) is 12.1 Å². The Morgan fingerprint density at radius 1 is 1.24 bits per heavy atom. The van der Waals surface area contributed by atoms with E-state index in [0.29, 0.717) is 24.6 Å². The van der Waals surface area contributed by atoms with E-state index in [2.05, 4.69) is 15.1 Å². The molecule has 10 nitrogen and oxygen atoms in total. The molecule has 0 bridgehead atoms. The molecule has 1 amide bonds. The Balaban J connectivity index is 1.44. The number of benzene rings is 1. The van der Waals surface area contributed by atoms with Gasteiger partial charge in [0, 0.05) is 48.4 Å². The van der Waals surface area contributed by atoms with E-state index in [4.69, 9.17) is 19.9 Å². The molecular formula is C22H19N7O3S2. The zero-order chi connectivity index (χ0) is 23.1. The Hall–Kier alpha value is -3.45. The normalized spacial score (nSPS) is 14.2. The van der Waals surface area contributed by atoms with Crippen LogP contribution < -0.4 is 10.4 Å². The highest BCUT2D eigenvalue weighted by atomic mass is 32.2. The SMILES string of the molecule is O=C(NO)c1ccn(Sc2cc3nc(-c4cccc5[nH]ncc45)nc(N4CCOCC4)c3s2)c1. The van der Waals surface area contributed by atoms with Crippen LogP contribution in [-0.4, -0.2) is 61.6 Å². The zero-order valence-corrected chi connectivity index (χ0v) is 19.4. The number of hydrogen-bond acceptors (Lipinski definition) is 9. The van der Waals surface area contributed by atoms with Crippen LogP contribution in [-0.2, 0) is 4.74 Å². The fourth-order valence-electron chi connectivity index (χ4n) is 3.95. The van der Waals surface area contributed by atoms with Crippen molar-refractivity contribution in [2.24, 2.45) is 0 Å². The van der Waals surface area contributed by atoms with Crippen LogP contribution in [0.25, 0.3) is 32.5 Å². The number of nitrogens with one attached hydrogen (secondary N) is 2. The van der Waals surface area contributed by atoms with E-state index >= 15 is 0 Å². The molecule has 12 heteroatoms. The van der Waals surface area contributed by atoms with Crippen LogP contribution in [0.5, 0.6) is 0 Å². The number of aromatic amines is 1. The highest BCUT2D eigenvalue weighted by molar-refractivity contribution is 7.99. The van der Waals surface area contributed by atoms with Gasteiger partial charge in [0.15, 0.2) is 11.6 Å². The first-order valence-corrected chi connectivity index (χ1v) is 12.2. The quantitative estimate of drug-likeness (QED) is 0.251. The van der Waals surface area contributed by atoms with Crippen LogP contribution in [0.15, 0.2) is 53.1 Å². The van der Waals surface area contributed by atoms with Gasteiger partial charge in [-0.2, -0.15) is 5.10 Å². The maximum Gasteiger partial charge on any atom is 0.276 e. The predicted molar refractivity (Wildman–Crippen MR) is 130 cm³/mol. The lowest BCUT2D eigenvalue weighted by molar-refractivity contribution is 0.0706. The van der Waals surface area contributed by atoms with Crippen LogP contribution in [0.2, 0.25) is 0 Å². The van der Waals surface area contributed by atoms with Gasteiger partial charge >= 0.3 is 0 Å². The lowest BCUT2D eigenvalue weighted by Gasteiger charge is -2.28. The second-order valence-electron chi connectivity index (χ2n) is 7.68. The largest absolute Gasteiger partial charge is 0.378 e. The molecule has 0 unspecified atom stereocenters. The van der Waals surface area contributed by atoms with Crippen LogP contribution >= 0.6 is 23.3 Å². The summed E-state index contributed by atoms with van der Waals surface area (Å²) in [7, 11) is 0. The second kappa shape index (κ2) is 8.72. The summed E-state index contributed by atoms with van der Waals surface area (Å²) in [6, 6.07) is 9.65. The lowest BCUT2D eigenvalue weighted by atomic mass is 10.1. The molecule has 1 aliphatic heterocycles. The number of fused-ring (bicyclic) bond motifs is 2. The van der Waals surface area contributed by atoms with Crippen molar-refractivity contribution in [1.29, 1.82) is 0 Å². The van der Waals surface area contributed by atoms with E-state index in [0.717, 1.165) is 49.8 Å². The highest BCUT2D eigenvalue weighted by Gasteiger charge is 2.21. The summed E-state index contributed by atoms with van der Waals surface area (Å²) < 4.78 is 9.39. The number of hydroxylamine groups is 1. The summed E-state index contributed by atoms with van der Waals surface area (Å²) in [4.78, 5) is 23.8. The molecule has 0 aliphatic carbocycles. The van der Waals surface area contributed by atoms with Gasteiger partial charge in [-0.15, -0.1) is 11.3 Å². The number of thiophene rings is 1. The van der Waals surface area contributed by atoms with Crippen LogP contribution in [0, 0.1) is 0 Å². The molecule has 5 heterocycles. The second-order valence-corrected chi connectivity index (χ2v) is 10.0. The van der Waals surface area contributed by atoms with Gasteiger partial charge in [0.25, 0.3) is 5.91 Å². The molecule has 0 spiro atoms. The van der Waals surface area contributed by atoms with E-state index in [-0.39, 0.29) is 0 Å². The summed E-state index contributed by atoms with van der Waals surface area (Å²) in [6.45, 7) is 2.84. The molecule has 0 atom stereocenters. The van der Waals surface area contributed by atoms with Crippen molar-refractivity contribution in [3.63, 3.8) is 0 Å². The molecule has 1 aromatic carbocycles. The van der Waals surface area contributed by atoms with Gasteiger partial charge in [0.2, 0.25) is 0 Å². The highest BCUT2D eigenvalue weighted by Crippen LogP contribution is 2.39. The molecule has 172 valence electrons. The topological polar surface area (TPSA) is 121 Å². The fourth-order valence-corrected chi connectivity index (χ4v) is 6.11. The van der Waals surface area contributed by atoms with Crippen LogP contribution in [0.3, 0.4) is 0 Å². The lowest BCUT2D eigenvalue weighted by Crippen LogP contribution is -2.36. The average molecular weight is 494 g/mol. The van der Waals surface area contributed by atoms with Crippen LogP contribution in [0.4, 0.5) is 5.82 Å². The van der Waals surface area contributed by atoms with Crippen molar-refractivity contribution in [2.45, 2.75) is 4.21 Å². The number of nitrogens with zero attached hydrogens (tertiary/aromatic N) is 5. The molecule has 6 rings (SSSR count). The summed E-state index contributed by atoms with van der Waals surface area (Å²) in [6.07, 6.45) is 5.24. The number of amides is 1. The molecule has 0 saturated carbocycles. The Morgan fingerprint density at radius 2 is 2.12 bits per heavy atom. The number of anilines is 1. The van der Waals surface area contributed by atoms with Crippen molar-refractivity contribution < 1.29 is 14.7 Å². The third-order valence-electron chi connectivity index (χ3n) is 5.59. The van der Waals surface area contributed by atoms with Gasteiger partial charge in [-0.3, -0.25) is 19.1 Å². The van der Waals surface area contributed by atoms with Gasteiger partial charge in [-0.25, -0.2) is 15.4 Å². The average Bonchev–Trinajstić information content (AvgIpc) is 3.62. The van der Waals surface area contributed by atoms with E-state index in [1.54, 1.807) is 41.5 Å². The Bertz CT molecular complexity index is 1500. The maximum absolute atomic E-state index is 11.7. The number of carbonyl (C=O) groups excluding carboxylic acids is 1. The molecule has 5 aromatic rings. The van der Waals surface area contributed by atoms with E-state index < -0.39 is 5.91 Å². The third-order valence-corrected chi connectivity index (χ3v) is 7.72. The number of morpholine rings is 1. The van der Waals surface area contributed by atoms with Crippen molar-refractivity contribution in [3.05, 3.63) is 54.5 Å². The summed E-state index contributed by atoms with van der Waals surface area (Å²) in [5.41, 5.74) is 4.75. The van der Waals surface area contributed by atoms with Gasteiger partial charge in [-0.05, 0) is 18.2 Å². The number of rotatable bonds is 5. The maximum atomic E-state index is 11.7. The van der Waals surface area contributed by atoms with Gasteiger partial charge < -0.3 is 9.64 Å². The number of ether oxygens (including phenoxy) is 1. The summed E-state index contributed by atoms with van der Waals surface area (Å²) >= 11 is 3.08. The number of carbonyl (C=O) groups is 1. The molecule has 4 aromatic heterocycles. The Morgan fingerprint density at radius 3 is 2.97 bits per heavy atom. The molecule has 1 aliphatic rings. The number of H-pyrrole nitrogens is 1. The smallest absolute Gasteiger partial charge is 0.276 e. The predicted octanol–water partition coefficient (Wildman–Crippen LogP) is 3.55. The standard InChI is InChI=1S/C22H19N7O3S2/c30-22(27-31)13-4-5-29(12-13)34-18-10-17-19(33-18)21(28-6-8-32-9-7-28)25-20(24-17)14-2-1-3-16-15(14)11-23-26-16/h1-5,10-12,31H,6-9H2,(H,23,26)(H,27,30). The van der Waals surface area contributed by atoms with Crippen molar-refractivity contribution in [1.82, 2.24) is 29.6 Å². The molecule has 1 fully saturated rings. The fraction of sp³-hybridized carbons (Fsp3) is 0.182. The van der Waals surface area contributed by atoms with E-state index in [9.17, 15) is 4.79 Å². The minimum atomic E-state index is -0.547. The van der Waals surface area contributed by atoms with Gasteiger partial charge in [0.05, 0.1) is 44.9 Å². The third kappa shape index (κ3) is 3.80. The molecular weight excluding hydrogens is 474 g/mol. The molecule has 1 saturated heterocycles. The van der Waals surface area contributed by atoms with Crippen molar-refractivity contribution >= 4 is 56.1 Å². The number of hydrogen-bond donors (Lipinski definition) is 3. The summed E-state index contributed by atoms with van der Waals surface area (Å²) in [5, 5.41) is 17.0. The minimum Gasteiger partial charge on any atom is -0.378 e. The summed E-state index contributed by atoms with van der Waals surface area (Å²) in [5.74, 6) is 1.00.